The number of rotatable bonds is 8. The van der Waals surface area contributed by atoms with Crippen LogP contribution in [0.25, 0.3) is 5.57 Å². The minimum absolute atomic E-state index is 0.269. The Hall–Kier alpha value is -1.01. The number of halogens is 1. The Kier molecular flexibility index (Phi) is 4.83. The monoisotopic (exact) mass is 302 g/mol. The molecule has 0 spiro atoms. The first-order chi connectivity index (χ1) is 11.0. The smallest absolute Gasteiger partial charge is 0.253 e. The summed E-state index contributed by atoms with van der Waals surface area (Å²) >= 11 is 1.07. The van der Waals surface area contributed by atoms with E-state index in [1.807, 2.05) is 6.08 Å². The van der Waals surface area contributed by atoms with Crippen LogP contribution in [0.3, 0.4) is 0 Å². The SMILES string of the molecule is [2H]C([2H])([2H])N1CCC=C(c2nsnc2OCCCCCCF)C1. The summed E-state index contributed by atoms with van der Waals surface area (Å²) in [5.41, 5.74) is 1.50. The third-order valence-electron chi connectivity index (χ3n) is 3.18. The van der Waals surface area contributed by atoms with Crippen molar-refractivity contribution in [1.29, 1.82) is 0 Å². The zero-order chi connectivity index (χ0) is 16.7. The highest BCUT2D eigenvalue weighted by Crippen LogP contribution is 2.27. The molecule has 1 aliphatic heterocycles. The van der Waals surface area contributed by atoms with Gasteiger partial charge < -0.3 is 9.64 Å². The summed E-state index contributed by atoms with van der Waals surface area (Å²) in [4.78, 5) is 1.46. The van der Waals surface area contributed by atoms with Crippen molar-refractivity contribution < 1.29 is 13.2 Å². The van der Waals surface area contributed by atoms with Crippen molar-refractivity contribution in [2.24, 2.45) is 0 Å². The summed E-state index contributed by atoms with van der Waals surface area (Å²) in [7, 11) is 0. The minimum atomic E-state index is -2.10. The lowest BCUT2D eigenvalue weighted by molar-refractivity contribution is 0.293. The summed E-state index contributed by atoms with van der Waals surface area (Å²) in [5.74, 6) is 0.471. The molecule has 4 nitrogen and oxygen atoms in total. The van der Waals surface area contributed by atoms with E-state index in [-0.39, 0.29) is 6.67 Å². The lowest BCUT2D eigenvalue weighted by atomic mass is 10.1. The molecule has 0 N–H and O–H groups in total. The average Bonchev–Trinajstić information content (AvgIpc) is 2.98. The Bertz CT molecular complexity index is 522. The maximum atomic E-state index is 12.0. The molecule has 2 rings (SSSR count). The van der Waals surface area contributed by atoms with Gasteiger partial charge in [0, 0.05) is 17.2 Å². The van der Waals surface area contributed by atoms with Gasteiger partial charge >= 0.3 is 0 Å². The number of likely N-dealkylation sites (N-methyl/N-ethyl adjacent to an activating group) is 1. The molecule has 1 aliphatic rings. The number of alkyl halides is 1. The van der Waals surface area contributed by atoms with E-state index in [0.717, 1.165) is 36.6 Å². The third kappa shape index (κ3) is 4.52. The second-order valence-electron chi connectivity index (χ2n) is 4.81. The normalized spacial score (nSPS) is 19.1. The topological polar surface area (TPSA) is 38.2 Å². The number of unbranched alkanes of at least 4 members (excludes halogenated alkanes) is 3. The van der Waals surface area contributed by atoms with E-state index in [2.05, 4.69) is 8.75 Å². The van der Waals surface area contributed by atoms with E-state index in [9.17, 15) is 4.39 Å². The van der Waals surface area contributed by atoms with Gasteiger partial charge in [0.05, 0.1) is 25.0 Å². The standard InChI is InChI=1S/C14H22FN3OS/c1-18-9-6-7-12(11-18)13-14(17-20-16-13)19-10-5-3-2-4-8-15/h7H,2-6,8-11H2,1H3/i1D3. The molecule has 0 aliphatic carbocycles. The molecule has 0 saturated carbocycles. The molecular weight excluding hydrogens is 277 g/mol. The maximum Gasteiger partial charge on any atom is 0.253 e. The van der Waals surface area contributed by atoms with Crippen LogP contribution in [0, 0.1) is 0 Å². The van der Waals surface area contributed by atoms with Crippen LogP contribution in [0.15, 0.2) is 6.08 Å². The molecule has 0 aromatic carbocycles. The summed E-state index contributed by atoms with van der Waals surface area (Å²) in [6, 6.07) is 0. The van der Waals surface area contributed by atoms with Gasteiger partial charge in [-0.1, -0.05) is 12.5 Å². The molecule has 1 aromatic rings. The Morgan fingerprint density at radius 3 is 3.15 bits per heavy atom. The van der Waals surface area contributed by atoms with Crippen LogP contribution < -0.4 is 4.74 Å². The summed E-state index contributed by atoms with van der Waals surface area (Å²) < 4.78 is 48.7. The lowest BCUT2D eigenvalue weighted by Crippen LogP contribution is -2.25. The van der Waals surface area contributed by atoms with Crippen LogP contribution in [0.1, 0.15) is 41.9 Å². The van der Waals surface area contributed by atoms with Gasteiger partial charge in [0.15, 0.2) is 0 Å². The van der Waals surface area contributed by atoms with E-state index in [0.29, 0.717) is 44.1 Å². The van der Waals surface area contributed by atoms with Gasteiger partial charge in [-0.25, -0.2) is 0 Å². The number of aromatic nitrogens is 2. The Morgan fingerprint density at radius 2 is 2.30 bits per heavy atom. The second kappa shape index (κ2) is 8.32. The van der Waals surface area contributed by atoms with E-state index < -0.39 is 6.98 Å². The van der Waals surface area contributed by atoms with Crippen LogP contribution >= 0.6 is 11.7 Å². The van der Waals surface area contributed by atoms with Crippen molar-refractivity contribution in [1.82, 2.24) is 13.6 Å². The molecule has 0 unspecified atom stereocenters. The molecule has 112 valence electrons. The van der Waals surface area contributed by atoms with Gasteiger partial charge in [0.2, 0.25) is 0 Å². The van der Waals surface area contributed by atoms with Crippen LogP contribution in [0.2, 0.25) is 0 Å². The number of nitrogens with zero attached hydrogens (tertiary/aromatic N) is 3. The van der Waals surface area contributed by atoms with Crippen molar-refractivity contribution in [2.75, 3.05) is 33.3 Å². The van der Waals surface area contributed by atoms with Crippen LogP contribution in [-0.4, -0.2) is 47.0 Å². The number of hydrogen-bond acceptors (Lipinski definition) is 5. The van der Waals surface area contributed by atoms with Gasteiger partial charge in [0.1, 0.15) is 5.69 Å². The van der Waals surface area contributed by atoms with Crippen LogP contribution in [-0.2, 0) is 0 Å². The highest BCUT2D eigenvalue weighted by atomic mass is 32.1. The van der Waals surface area contributed by atoms with Gasteiger partial charge in [0.25, 0.3) is 5.88 Å². The molecule has 0 bridgehead atoms. The quantitative estimate of drug-likeness (QED) is 0.691. The highest BCUT2D eigenvalue weighted by Gasteiger charge is 2.18. The Balaban J connectivity index is 1.89. The molecule has 0 saturated heterocycles. The fraction of sp³-hybridized carbons (Fsp3) is 0.714. The minimum Gasteiger partial charge on any atom is -0.475 e. The van der Waals surface area contributed by atoms with E-state index in [1.165, 1.54) is 4.90 Å². The predicted octanol–water partition coefficient (Wildman–Crippen LogP) is 3.17. The summed E-state index contributed by atoms with van der Waals surface area (Å²) in [6.45, 7) is -1.01. The predicted molar refractivity (Wildman–Crippen MR) is 79.9 cm³/mol. The molecule has 0 fully saturated rings. The first-order valence-electron chi connectivity index (χ1n) is 8.48. The average molecular weight is 302 g/mol. The largest absolute Gasteiger partial charge is 0.475 e. The summed E-state index contributed by atoms with van der Waals surface area (Å²) in [6.07, 6.45) is 5.91. The van der Waals surface area contributed by atoms with Crippen molar-refractivity contribution in [3.8, 4) is 5.88 Å². The van der Waals surface area contributed by atoms with E-state index in [4.69, 9.17) is 8.85 Å². The van der Waals surface area contributed by atoms with Crippen molar-refractivity contribution in [3.63, 3.8) is 0 Å². The first kappa shape index (κ1) is 11.6. The lowest BCUT2D eigenvalue weighted by Gasteiger charge is -2.22. The fourth-order valence-corrected chi connectivity index (χ4v) is 2.64. The molecular formula is C14H22FN3OS. The van der Waals surface area contributed by atoms with Gasteiger partial charge in [-0.3, -0.25) is 4.39 Å². The molecule has 2 heterocycles. The fourth-order valence-electron chi connectivity index (χ4n) is 2.11. The van der Waals surface area contributed by atoms with Crippen LogP contribution in [0.4, 0.5) is 4.39 Å². The third-order valence-corrected chi connectivity index (χ3v) is 3.69. The van der Waals surface area contributed by atoms with E-state index >= 15 is 0 Å². The van der Waals surface area contributed by atoms with Gasteiger partial charge in [-0.2, -0.15) is 4.37 Å². The highest BCUT2D eigenvalue weighted by molar-refractivity contribution is 6.99. The Labute approximate surface area is 128 Å². The first-order valence-corrected chi connectivity index (χ1v) is 7.71. The molecule has 6 heteroatoms. The second-order valence-corrected chi connectivity index (χ2v) is 5.34. The molecule has 0 atom stereocenters. The van der Waals surface area contributed by atoms with Crippen LogP contribution in [0.5, 0.6) is 5.88 Å². The zero-order valence-corrected chi connectivity index (χ0v) is 12.3. The summed E-state index contributed by atoms with van der Waals surface area (Å²) in [5, 5.41) is 0. The molecule has 0 amide bonds. The Morgan fingerprint density at radius 1 is 1.40 bits per heavy atom. The molecule has 1 aromatic heterocycles. The van der Waals surface area contributed by atoms with Crippen molar-refractivity contribution in [2.45, 2.75) is 32.1 Å². The van der Waals surface area contributed by atoms with E-state index in [1.54, 1.807) is 0 Å². The van der Waals surface area contributed by atoms with Gasteiger partial charge in [-0.15, -0.1) is 4.37 Å². The van der Waals surface area contributed by atoms with Crippen molar-refractivity contribution in [3.05, 3.63) is 11.8 Å². The molecule has 0 radical (unpaired) electrons. The maximum absolute atomic E-state index is 12.0. The number of hydrogen-bond donors (Lipinski definition) is 0. The number of ether oxygens (including phenoxy) is 1. The molecule has 20 heavy (non-hydrogen) atoms. The zero-order valence-electron chi connectivity index (χ0n) is 14.5. The van der Waals surface area contributed by atoms with Gasteiger partial charge in [-0.05, 0) is 38.2 Å². The van der Waals surface area contributed by atoms with Crippen molar-refractivity contribution >= 4 is 17.3 Å².